The number of halogens is 1. The van der Waals surface area contributed by atoms with E-state index in [1.807, 2.05) is 12.1 Å². The summed E-state index contributed by atoms with van der Waals surface area (Å²) in [7, 11) is 1.34. The first-order valence-electron chi connectivity index (χ1n) is 6.32. The summed E-state index contributed by atoms with van der Waals surface area (Å²) in [5.74, 6) is -0.738. The van der Waals surface area contributed by atoms with Crippen molar-refractivity contribution in [3.8, 4) is 0 Å². The van der Waals surface area contributed by atoms with Crippen LogP contribution in [0.4, 0.5) is 10.1 Å². The van der Waals surface area contributed by atoms with E-state index in [-0.39, 0.29) is 5.82 Å². The summed E-state index contributed by atoms with van der Waals surface area (Å²) in [5, 5.41) is 3.02. The number of thiophene rings is 1. The van der Waals surface area contributed by atoms with Gasteiger partial charge in [-0.25, -0.2) is 9.18 Å². The molecule has 0 aliphatic rings. The van der Waals surface area contributed by atoms with Crippen molar-refractivity contribution in [2.45, 2.75) is 19.4 Å². The second-order valence-electron chi connectivity index (χ2n) is 4.27. The third kappa shape index (κ3) is 3.36. The molecule has 106 valence electrons. The lowest BCUT2D eigenvalue weighted by Gasteiger charge is -2.16. The second kappa shape index (κ2) is 6.52. The van der Waals surface area contributed by atoms with E-state index in [0.29, 0.717) is 5.69 Å². The number of esters is 1. The number of rotatable bonds is 5. The molecule has 20 heavy (non-hydrogen) atoms. The number of carbonyl (C=O) groups is 1. The molecule has 1 atom stereocenters. The molecule has 0 fully saturated rings. The number of methoxy groups -OCH3 is 1. The lowest BCUT2D eigenvalue weighted by Crippen LogP contribution is -2.21. The van der Waals surface area contributed by atoms with Gasteiger partial charge in [0.25, 0.3) is 0 Å². The van der Waals surface area contributed by atoms with Crippen LogP contribution in [0.2, 0.25) is 0 Å². The summed E-state index contributed by atoms with van der Waals surface area (Å²) in [4.78, 5) is 14.0. The summed E-state index contributed by atoms with van der Waals surface area (Å²) in [6, 6.07) is 9.29. The van der Waals surface area contributed by atoms with Crippen LogP contribution in [-0.4, -0.2) is 13.1 Å². The maximum atomic E-state index is 13.2. The summed E-state index contributed by atoms with van der Waals surface area (Å²) in [6.45, 7) is 2.06. The second-order valence-corrected chi connectivity index (χ2v) is 5.47. The van der Waals surface area contributed by atoms with E-state index in [1.165, 1.54) is 24.1 Å². The largest absolute Gasteiger partial charge is 0.467 e. The molecular weight excluding hydrogens is 277 g/mol. The van der Waals surface area contributed by atoms with Crippen LogP contribution in [0.15, 0.2) is 36.4 Å². The number of aryl methyl sites for hydroxylation is 1. The number of hydrogen-bond donors (Lipinski definition) is 1. The van der Waals surface area contributed by atoms with Gasteiger partial charge in [-0.05, 0) is 36.8 Å². The highest BCUT2D eigenvalue weighted by molar-refractivity contribution is 7.12. The van der Waals surface area contributed by atoms with Crippen molar-refractivity contribution in [3.63, 3.8) is 0 Å². The van der Waals surface area contributed by atoms with Gasteiger partial charge in [0.15, 0.2) is 6.04 Å². The van der Waals surface area contributed by atoms with E-state index in [1.54, 1.807) is 23.5 Å². The fraction of sp³-hybridized carbons (Fsp3) is 0.267. The summed E-state index contributed by atoms with van der Waals surface area (Å²) in [6.07, 6.45) is 0.915. The average molecular weight is 293 g/mol. The van der Waals surface area contributed by atoms with Gasteiger partial charge in [-0.1, -0.05) is 13.0 Å². The first kappa shape index (κ1) is 14.5. The highest BCUT2D eigenvalue weighted by atomic mass is 32.1. The molecule has 1 aromatic carbocycles. The Kier molecular flexibility index (Phi) is 4.74. The molecule has 0 bridgehead atoms. The third-order valence-corrected chi connectivity index (χ3v) is 4.18. The molecule has 1 aromatic heterocycles. The molecule has 0 aliphatic heterocycles. The van der Waals surface area contributed by atoms with Crippen molar-refractivity contribution >= 4 is 23.0 Å². The summed E-state index contributed by atoms with van der Waals surface area (Å²) >= 11 is 1.55. The maximum absolute atomic E-state index is 13.2. The fourth-order valence-corrected chi connectivity index (χ4v) is 2.84. The Hall–Kier alpha value is -1.88. The molecule has 5 heteroatoms. The number of carbonyl (C=O) groups excluding carboxylic acids is 1. The lowest BCUT2D eigenvalue weighted by molar-refractivity contribution is -0.141. The number of benzene rings is 1. The summed E-state index contributed by atoms with van der Waals surface area (Å²) in [5.41, 5.74) is 0.548. The number of anilines is 1. The zero-order chi connectivity index (χ0) is 14.5. The molecule has 1 N–H and O–H groups in total. The van der Waals surface area contributed by atoms with Crippen LogP contribution in [0, 0.1) is 5.82 Å². The first-order valence-corrected chi connectivity index (χ1v) is 7.14. The minimum absolute atomic E-state index is 0.348. The molecule has 0 saturated carbocycles. The van der Waals surface area contributed by atoms with E-state index in [9.17, 15) is 9.18 Å². The highest BCUT2D eigenvalue weighted by Crippen LogP contribution is 2.28. The molecule has 1 unspecified atom stereocenters. The van der Waals surface area contributed by atoms with Crippen molar-refractivity contribution in [1.82, 2.24) is 0 Å². The van der Waals surface area contributed by atoms with Gasteiger partial charge >= 0.3 is 5.97 Å². The molecule has 2 aromatic rings. The fourth-order valence-electron chi connectivity index (χ4n) is 1.85. The van der Waals surface area contributed by atoms with E-state index in [0.717, 1.165) is 11.3 Å². The van der Waals surface area contributed by atoms with Crippen LogP contribution in [0.1, 0.15) is 22.7 Å². The highest BCUT2D eigenvalue weighted by Gasteiger charge is 2.23. The zero-order valence-electron chi connectivity index (χ0n) is 11.4. The Labute approximate surface area is 121 Å². The first-order chi connectivity index (χ1) is 9.63. The monoisotopic (exact) mass is 293 g/mol. The quantitative estimate of drug-likeness (QED) is 0.853. The number of nitrogens with one attached hydrogen (secondary N) is 1. The van der Waals surface area contributed by atoms with E-state index in [4.69, 9.17) is 4.74 Å². The molecule has 2 rings (SSSR count). The Morgan fingerprint density at radius 2 is 2.20 bits per heavy atom. The Morgan fingerprint density at radius 1 is 1.40 bits per heavy atom. The van der Waals surface area contributed by atoms with Crippen molar-refractivity contribution in [2.75, 3.05) is 12.4 Å². The smallest absolute Gasteiger partial charge is 0.333 e. The standard InChI is InChI=1S/C15H16FNO2S/c1-3-12-7-8-13(20-12)14(15(18)19-2)17-11-6-4-5-10(16)9-11/h4-9,14,17H,3H2,1-2H3. The van der Waals surface area contributed by atoms with E-state index >= 15 is 0 Å². The number of hydrogen-bond acceptors (Lipinski definition) is 4. The molecule has 0 spiro atoms. The minimum Gasteiger partial charge on any atom is -0.467 e. The molecule has 0 radical (unpaired) electrons. The molecule has 0 aliphatic carbocycles. The maximum Gasteiger partial charge on any atom is 0.333 e. The predicted molar refractivity (Wildman–Crippen MR) is 78.5 cm³/mol. The Bertz CT molecular complexity index is 597. The SMILES string of the molecule is CCc1ccc(C(Nc2cccc(F)c2)C(=O)OC)s1. The van der Waals surface area contributed by atoms with Crippen LogP contribution in [0.5, 0.6) is 0 Å². The van der Waals surface area contributed by atoms with Crippen molar-refractivity contribution < 1.29 is 13.9 Å². The van der Waals surface area contributed by atoms with Gasteiger partial charge in [-0.3, -0.25) is 0 Å². The van der Waals surface area contributed by atoms with Crippen molar-refractivity contribution in [1.29, 1.82) is 0 Å². The third-order valence-electron chi connectivity index (χ3n) is 2.89. The van der Waals surface area contributed by atoms with Crippen molar-refractivity contribution in [2.24, 2.45) is 0 Å². The Morgan fingerprint density at radius 3 is 2.80 bits per heavy atom. The van der Waals surface area contributed by atoms with Crippen LogP contribution >= 0.6 is 11.3 Å². The van der Waals surface area contributed by atoms with Gasteiger partial charge in [0.1, 0.15) is 5.82 Å². The lowest BCUT2D eigenvalue weighted by atomic mass is 10.2. The van der Waals surface area contributed by atoms with Crippen LogP contribution < -0.4 is 5.32 Å². The number of ether oxygens (including phenoxy) is 1. The van der Waals surface area contributed by atoms with Gasteiger partial charge in [0, 0.05) is 15.4 Å². The Balaban J connectivity index is 2.26. The zero-order valence-corrected chi connectivity index (χ0v) is 12.2. The molecule has 3 nitrogen and oxygen atoms in total. The average Bonchev–Trinajstić information content (AvgIpc) is 2.92. The molecule has 1 heterocycles. The summed E-state index contributed by atoms with van der Waals surface area (Å²) < 4.78 is 18.0. The van der Waals surface area contributed by atoms with Gasteiger partial charge in [0.2, 0.25) is 0 Å². The normalized spacial score (nSPS) is 11.9. The van der Waals surface area contributed by atoms with Gasteiger partial charge in [-0.2, -0.15) is 0 Å². The van der Waals surface area contributed by atoms with Crippen LogP contribution in [-0.2, 0) is 16.0 Å². The van der Waals surface area contributed by atoms with Crippen LogP contribution in [0.3, 0.4) is 0 Å². The molecular formula is C15H16FNO2S. The van der Waals surface area contributed by atoms with E-state index < -0.39 is 12.0 Å². The predicted octanol–water partition coefficient (Wildman–Crippen LogP) is 3.78. The van der Waals surface area contributed by atoms with Crippen LogP contribution in [0.25, 0.3) is 0 Å². The molecule has 0 saturated heterocycles. The topological polar surface area (TPSA) is 38.3 Å². The minimum atomic E-state index is -0.618. The van der Waals surface area contributed by atoms with Gasteiger partial charge in [0.05, 0.1) is 7.11 Å². The van der Waals surface area contributed by atoms with E-state index in [2.05, 4.69) is 12.2 Å². The van der Waals surface area contributed by atoms with Gasteiger partial charge in [-0.15, -0.1) is 11.3 Å². The van der Waals surface area contributed by atoms with Crippen molar-refractivity contribution in [3.05, 3.63) is 52.0 Å². The van der Waals surface area contributed by atoms with Gasteiger partial charge < -0.3 is 10.1 Å². The molecule has 0 amide bonds.